The Bertz CT molecular complexity index is 567. The van der Waals surface area contributed by atoms with Gasteiger partial charge in [-0.3, -0.25) is 4.98 Å². The Labute approximate surface area is 131 Å². The van der Waals surface area contributed by atoms with Gasteiger partial charge in [-0.2, -0.15) is 0 Å². The van der Waals surface area contributed by atoms with E-state index in [-0.39, 0.29) is 5.54 Å². The first kappa shape index (κ1) is 16.1. The van der Waals surface area contributed by atoms with Crippen LogP contribution in [0.15, 0.2) is 29.8 Å². The fourth-order valence-corrected chi connectivity index (χ4v) is 3.51. The largest absolute Gasteiger partial charge is 0.306 e. The van der Waals surface area contributed by atoms with Crippen LogP contribution in [-0.4, -0.2) is 15.5 Å². The molecule has 0 fully saturated rings. The maximum absolute atomic E-state index is 4.67. The molecule has 0 aliphatic rings. The smallest absolute Gasteiger partial charge is 0.142 e. The highest BCUT2D eigenvalue weighted by Crippen LogP contribution is 2.27. The molecule has 2 heterocycles. The lowest BCUT2D eigenvalue weighted by atomic mass is 9.82. The van der Waals surface area contributed by atoms with Crippen molar-refractivity contribution >= 4 is 11.3 Å². The summed E-state index contributed by atoms with van der Waals surface area (Å²) in [5, 5.41) is 6.72. The molecule has 0 atom stereocenters. The molecule has 0 radical (unpaired) electrons. The highest BCUT2D eigenvalue weighted by Gasteiger charge is 2.25. The normalized spacial score (nSPS) is 12.6. The number of nitrogens with zero attached hydrogens (tertiary/aromatic N) is 2. The molecule has 0 spiro atoms. The molecule has 0 unspecified atom stereocenters. The van der Waals surface area contributed by atoms with Gasteiger partial charge in [0.05, 0.1) is 11.4 Å². The third kappa shape index (κ3) is 5.21. The first-order valence-corrected chi connectivity index (χ1v) is 8.24. The number of pyridine rings is 1. The molecule has 0 bridgehead atoms. The number of hydrogen-bond acceptors (Lipinski definition) is 4. The van der Waals surface area contributed by atoms with Crippen LogP contribution in [0.25, 0.3) is 10.7 Å². The third-order valence-electron chi connectivity index (χ3n) is 3.16. The molecule has 2 aromatic heterocycles. The van der Waals surface area contributed by atoms with E-state index in [4.69, 9.17) is 0 Å². The Hall–Kier alpha value is -1.26. The molecule has 2 aromatic rings. The average molecular weight is 303 g/mol. The molecule has 114 valence electrons. The summed E-state index contributed by atoms with van der Waals surface area (Å²) in [6.07, 6.45) is 2.93. The molecule has 0 saturated heterocycles. The van der Waals surface area contributed by atoms with Crippen LogP contribution in [0.1, 0.15) is 46.7 Å². The summed E-state index contributed by atoms with van der Waals surface area (Å²) in [5.41, 5.74) is 2.45. The van der Waals surface area contributed by atoms with Gasteiger partial charge in [0.1, 0.15) is 5.01 Å². The molecule has 0 aliphatic carbocycles. The van der Waals surface area contributed by atoms with E-state index in [1.54, 1.807) is 17.5 Å². The van der Waals surface area contributed by atoms with Crippen molar-refractivity contribution < 1.29 is 0 Å². The molecule has 21 heavy (non-hydrogen) atoms. The van der Waals surface area contributed by atoms with Crippen LogP contribution in [0.3, 0.4) is 0 Å². The van der Waals surface area contributed by atoms with Gasteiger partial charge in [-0.15, -0.1) is 11.3 Å². The minimum atomic E-state index is 0.104. The Kier molecular flexibility index (Phi) is 4.79. The quantitative estimate of drug-likeness (QED) is 0.883. The van der Waals surface area contributed by atoms with E-state index in [9.17, 15) is 0 Å². The molecular weight excluding hydrogens is 278 g/mol. The molecule has 0 saturated carbocycles. The lowest BCUT2D eigenvalue weighted by Gasteiger charge is -2.33. The van der Waals surface area contributed by atoms with Gasteiger partial charge < -0.3 is 5.32 Å². The molecule has 3 nitrogen and oxygen atoms in total. The van der Waals surface area contributed by atoms with Gasteiger partial charge in [-0.1, -0.05) is 26.8 Å². The number of nitrogens with one attached hydrogen (secondary N) is 1. The van der Waals surface area contributed by atoms with E-state index < -0.39 is 0 Å². The van der Waals surface area contributed by atoms with Gasteiger partial charge in [0.25, 0.3) is 0 Å². The first-order chi connectivity index (χ1) is 9.75. The molecule has 1 N–H and O–H groups in total. The summed E-state index contributed by atoms with van der Waals surface area (Å²) in [6.45, 7) is 12.1. The minimum Gasteiger partial charge on any atom is -0.306 e. The van der Waals surface area contributed by atoms with Gasteiger partial charge in [-0.05, 0) is 37.8 Å². The van der Waals surface area contributed by atoms with Gasteiger partial charge in [0, 0.05) is 23.7 Å². The van der Waals surface area contributed by atoms with Gasteiger partial charge in [0.15, 0.2) is 0 Å². The van der Waals surface area contributed by atoms with E-state index in [0.717, 1.165) is 29.4 Å². The van der Waals surface area contributed by atoms with Crippen LogP contribution < -0.4 is 5.32 Å². The second-order valence-electron chi connectivity index (χ2n) is 7.33. The summed E-state index contributed by atoms with van der Waals surface area (Å²) < 4.78 is 0. The topological polar surface area (TPSA) is 37.8 Å². The van der Waals surface area contributed by atoms with E-state index in [0.29, 0.717) is 5.41 Å². The standard InChI is InChI=1S/C17H25N3S/c1-16(2,3)12-17(4,5)19-10-13-11-21-15(20-13)14-8-6-7-9-18-14/h6-9,11,19H,10,12H2,1-5H3. The van der Waals surface area contributed by atoms with Crippen LogP contribution in [0, 0.1) is 5.41 Å². The van der Waals surface area contributed by atoms with Gasteiger partial charge in [0.2, 0.25) is 0 Å². The lowest BCUT2D eigenvalue weighted by molar-refractivity contribution is 0.240. The maximum Gasteiger partial charge on any atom is 0.142 e. The maximum atomic E-state index is 4.67. The Morgan fingerprint density at radius 3 is 2.52 bits per heavy atom. The van der Waals surface area contributed by atoms with Crippen molar-refractivity contribution in [3.05, 3.63) is 35.5 Å². The monoisotopic (exact) mass is 303 g/mol. The number of hydrogen-bond donors (Lipinski definition) is 1. The Morgan fingerprint density at radius 2 is 1.90 bits per heavy atom. The summed E-state index contributed by atoms with van der Waals surface area (Å²) in [5.74, 6) is 0. The van der Waals surface area contributed by atoms with Crippen molar-refractivity contribution in [1.82, 2.24) is 15.3 Å². The average Bonchev–Trinajstić information content (AvgIpc) is 2.84. The zero-order valence-corrected chi connectivity index (χ0v) is 14.4. The zero-order valence-electron chi connectivity index (χ0n) is 13.6. The van der Waals surface area contributed by atoms with E-state index >= 15 is 0 Å². The second kappa shape index (κ2) is 6.24. The van der Waals surface area contributed by atoms with Crippen LogP contribution in [-0.2, 0) is 6.54 Å². The van der Waals surface area contributed by atoms with E-state index in [2.05, 4.69) is 55.3 Å². The van der Waals surface area contributed by atoms with E-state index in [1.165, 1.54) is 0 Å². The molecule has 0 aromatic carbocycles. The predicted octanol–water partition coefficient (Wildman–Crippen LogP) is 4.51. The van der Waals surface area contributed by atoms with Crippen LogP contribution in [0.2, 0.25) is 0 Å². The first-order valence-electron chi connectivity index (χ1n) is 7.36. The van der Waals surface area contributed by atoms with Crippen LogP contribution >= 0.6 is 11.3 Å². The molecular formula is C17H25N3S. The number of thiazole rings is 1. The predicted molar refractivity (Wildman–Crippen MR) is 90.3 cm³/mol. The Morgan fingerprint density at radius 1 is 1.14 bits per heavy atom. The van der Waals surface area contributed by atoms with Crippen molar-refractivity contribution in [1.29, 1.82) is 0 Å². The molecule has 4 heteroatoms. The molecule has 2 rings (SSSR count). The summed E-state index contributed by atoms with van der Waals surface area (Å²) in [6, 6.07) is 5.92. The molecule has 0 amide bonds. The summed E-state index contributed by atoms with van der Waals surface area (Å²) in [4.78, 5) is 9.02. The lowest BCUT2D eigenvalue weighted by Crippen LogP contribution is -2.41. The number of rotatable bonds is 5. The van der Waals surface area contributed by atoms with E-state index in [1.807, 2.05) is 18.2 Å². The highest BCUT2D eigenvalue weighted by atomic mass is 32.1. The van der Waals surface area contributed by atoms with Crippen molar-refractivity contribution in [3.8, 4) is 10.7 Å². The van der Waals surface area contributed by atoms with Gasteiger partial charge >= 0.3 is 0 Å². The van der Waals surface area contributed by atoms with Crippen molar-refractivity contribution in [2.45, 2.75) is 53.1 Å². The number of aromatic nitrogens is 2. The summed E-state index contributed by atoms with van der Waals surface area (Å²) in [7, 11) is 0. The third-order valence-corrected chi connectivity index (χ3v) is 4.07. The Balaban J connectivity index is 1.97. The molecule has 0 aliphatic heterocycles. The zero-order chi connectivity index (χ0) is 15.5. The fourth-order valence-electron chi connectivity index (χ4n) is 2.71. The SMILES string of the molecule is CC(C)(C)CC(C)(C)NCc1csc(-c2ccccn2)n1. The highest BCUT2D eigenvalue weighted by molar-refractivity contribution is 7.13. The fraction of sp³-hybridized carbons (Fsp3) is 0.529. The summed E-state index contributed by atoms with van der Waals surface area (Å²) >= 11 is 1.65. The van der Waals surface area contributed by atoms with Crippen molar-refractivity contribution in [3.63, 3.8) is 0 Å². The van der Waals surface area contributed by atoms with Crippen LogP contribution in [0.5, 0.6) is 0 Å². The minimum absolute atomic E-state index is 0.104. The second-order valence-corrected chi connectivity index (χ2v) is 8.19. The van der Waals surface area contributed by atoms with Crippen molar-refractivity contribution in [2.75, 3.05) is 0 Å². The van der Waals surface area contributed by atoms with Gasteiger partial charge in [-0.25, -0.2) is 4.98 Å². The van der Waals surface area contributed by atoms with Crippen LogP contribution in [0.4, 0.5) is 0 Å². The van der Waals surface area contributed by atoms with Crippen molar-refractivity contribution in [2.24, 2.45) is 5.41 Å².